The molecule has 0 saturated carbocycles. The number of rotatable bonds is 4. The Labute approximate surface area is 109 Å². The predicted octanol–water partition coefficient (Wildman–Crippen LogP) is 2.81. The van der Waals surface area contributed by atoms with Crippen LogP contribution in [0.1, 0.15) is 31.2 Å². The van der Waals surface area contributed by atoms with Crippen molar-refractivity contribution < 1.29 is 9.47 Å². The van der Waals surface area contributed by atoms with Gasteiger partial charge in [-0.1, -0.05) is 6.92 Å². The van der Waals surface area contributed by atoms with E-state index >= 15 is 0 Å². The van der Waals surface area contributed by atoms with Gasteiger partial charge in [-0.15, -0.1) is 0 Å². The van der Waals surface area contributed by atoms with E-state index in [1.807, 2.05) is 12.1 Å². The molecule has 1 aliphatic heterocycles. The van der Waals surface area contributed by atoms with Gasteiger partial charge in [0, 0.05) is 5.56 Å². The van der Waals surface area contributed by atoms with Crippen molar-refractivity contribution in [2.45, 2.75) is 25.7 Å². The average molecular weight is 249 g/mol. The maximum absolute atomic E-state index is 5.48. The third kappa shape index (κ3) is 2.78. The number of benzene rings is 1. The lowest BCUT2D eigenvalue weighted by atomic mass is 9.82. The largest absolute Gasteiger partial charge is 0.497 e. The number of hydrogen-bond acceptors (Lipinski definition) is 3. The van der Waals surface area contributed by atoms with Crippen LogP contribution in [0.25, 0.3) is 0 Å². The molecule has 1 aromatic rings. The third-order valence-corrected chi connectivity index (χ3v) is 3.97. The zero-order chi connectivity index (χ0) is 13.0. The molecular weight excluding hydrogens is 226 g/mol. The molecule has 1 fully saturated rings. The van der Waals surface area contributed by atoms with Gasteiger partial charge in [-0.05, 0) is 56.0 Å². The van der Waals surface area contributed by atoms with Crippen molar-refractivity contribution in [3.63, 3.8) is 0 Å². The van der Waals surface area contributed by atoms with Crippen LogP contribution in [0.3, 0.4) is 0 Å². The maximum Gasteiger partial charge on any atom is 0.122 e. The molecule has 0 spiro atoms. The summed E-state index contributed by atoms with van der Waals surface area (Å²) in [6, 6.07) is 6.06. The van der Waals surface area contributed by atoms with Gasteiger partial charge >= 0.3 is 0 Å². The van der Waals surface area contributed by atoms with Crippen molar-refractivity contribution >= 4 is 0 Å². The molecule has 100 valence electrons. The SMILES string of the molecule is COc1ccc(OC)c(C(C)C2CCCNC2)c1. The minimum absolute atomic E-state index is 0.489. The lowest BCUT2D eigenvalue weighted by Crippen LogP contribution is -2.32. The molecule has 2 unspecified atom stereocenters. The number of methoxy groups -OCH3 is 2. The van der Waals surface area contributed by atoms with E-state index in [2.05, 4.69) is 18.3 Å². The second kappa shape index (κ2) is 6.10. The van der Waals surface area contributed by atoms with Gasteiger partial charge < -0.3 is 14.8 Å². The van der Waals surface area contributed by atoms with E-state index < -0.39 is 0 Å². The lowest BCUT2D eigenvalue weighted by molar-refractivity contribution is 0.324. The molecule has 0 aliphatic carbocycles. The Bertz CT molecular complexity index is 386. The van der Waals surface area contributed by atoms with E-state index in [1.165, 1.54) is 18.4 Å². The highest BCUT2D eigenvalue weighted by Gasteiger charge is 2.23. The fourth-order valence-electron chi connectivity index (χ4n) is 2.75. The summed E-state index contributed by atoms with van der Waals surface area (Å²) < 4.78 is 10.8. The van der Waals surface area contributed by atoms with Crippen molar-refractivity contribution in [3.8, 4) is 11.5 Å². The van der Waals surface area contributed by atoms with Crippen LogP contribution in [0.2, 0.25) is 0 Å². The summed E-state index contributed by atoms with van der Waals surface area (Å²) in [6.45, 7) is 4.54. The first kappa shape index (κ1) is 13.2. The second-order valence-corrected chi connectivity index (χ2v) is 5.00. The Hall–Kier alpha value is -1.22. The Kier molecular flexibility index (Phi) is 4.48. The molecule has 1 aromatic carbocycles. The number of hydrogen-bond donors (Lipinski definition) is 1. The molecule has 1 heterocycles. The predicted molar refractivity (Wildman–Crippen MR) is 73.6 cm³/mol. The summed E-state index contributed by atoms with van der Waals surface area (Å²) in [5, 5.41) is 3.48. The van der Waals surface area contributed by atoms with Gasteiger partial charge in [-0.2, -0.15) is 0 Å². The van der Waals surface area contributed by atoms with Gasteiger partial charge in [0.2, 0.25) is 0 Å². The van der Waals surface area contributed by atoms with E-state index in [0.29, 0.717) is 11.8 Å². The van der Waals surface area contributed by atoms with E-state index in [9.17, 15) is 0 Å². The van der Waals surface area contributed by atoms with Gasteiger partial charge in [0.1, 0.15) is 11.5 Å². The summed E-state index contributed by atoms with van der Waals surface area (Å²) >= 11 is 0. The van der Waals surface area contributed by atoms with E-state index in [0.717, 1.165) is 24.6 Å². The third-order valence-electron chi connectivity index (χ3n) is 3.97. The van der Waals surface area contributed by atoms with Gasteiger partial charge in [-0.3, -0.25) is 0 Å². The van der Waals surface area contributed by atoms with Crippen LogP contribution in [-0.2, 0) is 0 Å². The van der Waals surface area contributed by atoms with Gasteiger partial charge in [-0.25, -0.2) is 0 Å². The molecule has 1 aliphatic rings. The molecule has 3 nitrogen and oxygen atoms in total. The Morgan fingerprint density at radius 3 is 2.72 bits per heavy atom. The van der Waals surface area contributed by atoms with Crippen molar-refractivity contribution in [2.24, 2.45) is 5.92 Å². The van der Waals surface area contributed by atoms with Crippen LogP contribution in [0.5, 0.6) is 11.5 Å². The minimum atomic E-state index is 0.489. The monoisotopic (exact) mass is 249 g/mol. The van der Waals surface area contributed by atoms with Crippen molar-refractivity contribution in [1.29, 1.82) is 0 Å². The molecule has 0 bridgehead atoms. The maximum atomic E-state index is 5.48. The first-order valence-electron chi connectivity index (χ1n) is 6.69. The first-order chi connectivity index (χ1) is 8.76. The molecule has 18 heavy (non-hydrogen) atoms. The normalized spacial score (nSPS) is 21.4. The van der Waals surface area contributed by atoms with Crippen LogP contribution >= 0.6 is 0 Å². The fourth-order valence-corrected chi connectivity index (χ4v) is 2.75. The highest BCUT2D eigenvalue weighted by molar-refractivity contribution is 5.42. The summed E-state index contributed by atoms with van der Waals surface area (Å²) in [5.74, 6) is 3.04. The molecule has 0 amide bonds. The summed E-state index contributed by atoms with van der Waals surface area (Å²) in [5.41, 5.74) is 1.26. The Balaban J connectivity index is 2.23. The number of nitrogens with one attached hydrogen (secondary N) is 1. The molecule has 2 rings (SSSR count). The summed E-state index contributed by atoms with van der Waals surface area (Å²) in [4.78, 5) is 0. The molecule has 2 atom stereocenters. The van der Waals surface area contributed by atoms with Crippen LogP contribution in [0.4, 0.5) is 0 Å². The molecule has 1 N–H and O–H groups in total. The average Bonchev–Trinajstić information content (AvgIpc) is 2.46. The van der Waals surface area contributed by atoms with Crippen LogP contribution in [-0.4, -0.2) is 27.3 Å². The first-order valence-corrected chi connectivity index (χ1v) is 6.69. The van der Waals surface area contributed by atoms with Crippen molar-refractivity contribution in [1.82, 2.24) is 5.32 Å². The lowest BCUT2D eigenvalue weighted by Gasteiger charge is -2.29. The fraction of sp³-hybridized carbons (Fsp3) is 0.600. The van der Waals surface area contributed by atoms with Crippen LogP contribution in [0, 0.1) is 5.92 Å². The van der Waals surface area contributed by atoms with Gasteiger partial charge in [0.15, 0.2) is 0 Å². The Morgan fingerprint density at radius 1 is 1.28 bits per heavy atom. The topological polar surface area (TPSA) is 30.5 Å². The molecule has 0 radical (unpaired) electrons. The minimum Gasteiger partial charge on any atom is -0.497 e. The second-order valence-electron chi connectivity index (χ2n) is 5.00. The Morgan fingerprint density at radius 2 is 2.11 bits per heavy atom. The highest BCUT2D eigenvalue weighted by atomic mass is 16.5. The number of piperidine rings is 1. The molecular formula is C15H23NO2. The van der Waals surface area contributed by atoms with E-state index in [-0.39, 0.29) is 0 Å². The number of ether oxygens (including phenoxy) is 2. The summed E-state index contributed by atoms with van der Waals surface area (Å²) in [6.07, 6.45) is 2.55. The molecule has 1 saturated heterocycles. The molecule has 0 aromatic heterocycles. The standard InChI is InChI=1S/C15H23NO2/c1-11(12-5-4-8-16-10-12)14-9-13(17-2)6-7-15(14)18-3/h6-7,9,11-12,16H,4-5,8,10H2,1-3H3. The smallest absolute Gasteiger partial charge is 0.122 e. The zero-order valence-electron chi connectivity index (χ0n) is 11.5. The van der Waals surface area contributed by atoms with E-state index in [1.54, 1.807) is 14.2 Å². The zero-order valence-corrected chi connectivity index (χ0v) is 11.5. The highest BCUT2D eigenvalue weighted by Crippen LogP contribution is 2.36. The summed E-state index contributed by atoms with van der Waals surface area (Å²) in [7, 11) is 3.44. The van der Waals surface area contributed by atoms with Gasteiger partial charge in [0.05, 0.1) is 14.2 Å². The van der Waals surface area contributed by atoms with E-state index in [4.69, 9.17) is 9.47 Å². The molecule has 3 heteroatoms. The van der Waals surface area contributed by atoms with Crippen molar-refractivity contribution in [3.05, 3.63) is 23.8 Å². The van der Waals surface area contributed by atoms with Crippen LogP contribution < -0.4 is 14.8 Å². The van der Waals surface area contributed by atoms with Gasteiger partial charge in [0.25, 0.3) is 0 Å². The van der Waals surface area contributed by atoms with Crippen molar-refractivity contribution in [2.75, 3.05) is 27.3 Å². The van der Waals surface area contributed by atoms with Crippen LogP contribution in [0.15, 0.2) is 18.2 Å². The quantitative estimate of drug-likeness (QED) is 0.890.